The van der Waals surface area contributed by atoms with Crippen LogP contribution in [0.2, 0.25) is 0 Å². The lowest BCUT2D eigenvalue weighted by molar-refractivity contribution is -0.149. The first-order valence-corrected chi connectivity index (χ1v) is 24.3. The summed E-state index contributed by atoms with van der Waals surface area (Å²) >= 11 is 1.55. The second-order valence-corrected chi connectivity index (χ2v) is 19.8. The molecule has 1 aliphatic heterocycles. The Kier molecular flexibility index (Phi) is 17.9. The van der Waals surface area contributed by atoms with Gasteiger partial charge in [-0.2, -0.15) is 0 Å². The van der Waals surface area contributed by atoms with E-state index >= 15 is 4.79 Å². The summed E-state index contributed by atoms with van der Waals surface area (Å²) in [6.45, 7) is 8.34. The number of hydrogen-bond donors (Lipinski definition) is 4. The molecule has 0 saturated heterocycles. The van der Waals surface area contributed by atoms with Crippen molar-refractivity contribution < 1.29 is 48.5 Å². The van der Waals surface area contributed by atoms with E-state index in [0.717, 1.165) is 27.8 Å². The van der Waals surface area contributed by atoms with Crippen LogP contribution < -0.4 is 10.6 Å². The van der Waals surface area contributed by atoms with E-state index in [1.807, 2.05) is 91.0 Å². The van der Waals surface area contributed by atoms with Gasteiger partial charge < -0.3 is 35.2 Å². The van der Waals surface area contributed by atoms with Crippen molar-refractivity contribution in [2.45, 2.75) is 102 Å². The number of aliphatic carboxylic acids is 2. The molecule has 15 heteroatoms. The molecule has 368 valence electrons. The summed E-state index contributed by atoms with van der Waals surface area (Å²) in [5.74, 6) is -4.49. The number of ether oxygens (including phenoxy) is 2. The number of amides is 4. The molecule has 1 aliphatic rings. The monoisotopic (exact) mass is 970 g/mol. The Bertz CT molecular complexity index is 2460. The van der Waals surface area contributed by atoms with Crippen LogP contribution in [0.5, 0.6) is 0 Å². The molecular weight excluding hydrogens is 909 g/mol. The average Bonchev–Trinajstić information content (AvgIpc) is 3.34. The van der Waals surface area contributed by atoms with Crippen molar-refractivity contribution in [3.05, 3.63) is 179 Å². The summed E-state index contributed by atoms with van der Waals surface area (Å²) in [6, 6.07) is 41.4. The summed E-state index contributed by atoms with van der Waals surface area (Å²) in [4.78, 5) is 85.1. The van der Waals surface area contributed by atoms with Gasteiger partial charge in [0.25, 0.3) is 0 Å². The average molecular weight is 971 g/mol. The van der Waals surface area contributed by atoms with Gasteiger partial charge in [0.05, 0.1) is 10.8 Å². The van der Waals surface area contributed by atoms with Crippen molar-refractivity contribution in [2.75, 3.05) is 12.3 Å². The predicted molar refractivity (Wildman–Crippen MR) is 268 cm³/mol. The Labute approximate surface area is 413 Å². The van der Waals surface area contributed by atoms with Crippen molar-refractivity contribution in [3.63, 3.8) is 0 Å². The highest BCUT2D eigenvalue weighted by atomic mass is 32.2. The molecule has 4 amide bonds. The summed E-state index contributed by atoms with van der Waals surface area (Å²) in [5.41, 5.74) is 4.22. The van der Waals surface area contributed by atoms with E-state index in [1.165, 1.54) is 9.80 Å². The van der Waals surface area contributed by atoms with Crippen LogP contribution in [0.4, 0.5) is 9.59 Å². The van der Waals surface area contributed by atoms with Crippen molar-refractivity contribution in [2.24, 2.45) is 5.92 Å². The second kappa shape index (κ2) is 23.9. The quantitative estimate of drug-likeness (QED) is 0.0546. The van der Waals surface area contributed by atoms with Crippen LogP contribution in [0.15, 0.2) is 146 Å². The molecule has 0 bridgehead atoms. The fourth-order valence-corrected chi connectivity index (χ4v) is 10.2. The topological polar surface area (TPSA) is 192 Å². The molecule has 0 aromatic heterocycles. The van der Waals surface area contributed by atoms with E-state index in [2.05, 4.69) is 47.0 Å². The highest BCUT2D eigenvalue weighted by Crippen LogP contribution is 2.48. The van der Waals surface area contributed by atoms with Crippen LogP contribution in [0.3, 0.4) is 0 Å². The second-order valence-electron chi connectivity index (χ2n) is 18.6. The van der Waals surface area contributed by atoms with Crippen LogP contribution in [0.25, 0.3) is 0 Å². The lowest BCUT2D eigenvalue weighted by Gasteiger charge is -2.42. The largest absolute Gasteiger partial charge is 0.481 e. The number of carbonyl (C=O) groups excluding carboxylic acids is 4. The molecule has 0 radical (unpaired) electrons. The van der Waals surface area contributed by atoms with E-state index in [1.54, 1.807) is 64.6 Å². The number of carboxylic acids is 2. The van der Waals surface area contributed by atoms with Crippen molar-refractivity contribution in [1.82, 2.24) is 20.4 Å². The lowest BCUT2D eigenvalue weighted by atomic mass is 9.84. The molecule has 14 nitrogen and oxygen atoms in total. The third-order valence-electron chi connectivity index (χ3n) is 11.9. The van der Waals surface area contributed by atoms with E-state index in [-0.39, 0.29) is 38.3 Å². The number of carbonyl (C=O) groups is 6. The molecule has 0 spiro atoms. The Hall–Kier alpha value is -7.13. The zero-order chi connectivity index (χ0) is 50.4. The number of hydrogen-bond acceptors (Lipinski definition) is 9. The number of nitrogens with zero attached hydrogens (tertiary/aromatic N) is 2. The van der Waals surface area contributed by atoms with Crippen molar-refractivity contribution in [1.29, 1.82) is 0 Å². The van der Waals surface area contributed by atoms with Gasteiger partial charge in [-0.05, 0) is 66.5 Å². The van der Waals surface area contributed by atoms with E-state index in [9.17, 15) is 34.2 Å². The molecule has 5 aromatic carbocycles. The summed E-state index contributed by atoms with van der Waals surface area (Å²) in [7, 11) is 0. The van der Waals surface area contributed by atoms with Gasteiger partial charge in [0, 0.05) is 31.7 Å². The number of alkyl carbamates (subject to hydrolysis) is 1. The first-order chi connectivity index (χ1) is 33.5. The molecule has 3 unspecified atom stereocenters. The summed E-state index contributed by atoms with van der Waals surface area (Å²) < 4.78 is 11.0. The number of carboxylic acid groups (broad SMARTS) is 2. The van der Waals surface area contributed by atoms with Crippen LogP contribution in [-0.2, 0) is 53.0 Å². The fraction of sp³-hybridized carbons (Fsp3) is 0.345. The summed E-state index contributed by atoms with van der Waals surface area (Å²) in [5, 5.41) is 24.9. The molecule has 0 saturated carbocycles. The summed E-state index contributed by atoms with van der Waals surface area (Å²) in [6.07, 6.45) is -2.47. The normalized spacial score (nSPS) is 14.8. The SMILES string of the molecule is CC(C)[C@@H](C(=O)N1Cc2ccccc2CC1C(=O)NC(CCC(=O)O)C(=O)O)N(CC(CSC(c1ccccc1)(c1ccccc1)c1ccccc1)NC(=O)OC(C)(C)C)C(=O)OCc1ccccc1. The Morgan fingerprint density at radius 1 is 0.729 bits per heavy atom. The maximum atomic E-state index is 15.6. The highest BCUT2D eigenvalue weighted by Gasteiger charge is 2.45. The predicted octanol–water partition coefficient (Wildman–Crippen LogP) is 8.66. The lowest BCUT2D eigenvalue weighted by Crippen LogP contribution is -2.62. The fourth-order valence-electron chi connectivity index (χ4n) is 8.68. The molecule has 5 aromatic rings. The molecule has 0 aliphatic carbocycles. The Morgan fingerprint density at radius 2 is 1.24 bits per heavy atom. The Morgan fingerprint density at radius 3 is 1.74 bits per heavy atom. The highest BCUT2D eigenvalue weighted by molar-refractivity contribution is 8.00. The number of fused-ring (bicyclic) bond motifs is 1. The van der Waals surface area contributed by atoms with Gasteiger partial charge in [0.1, 0.15) is 30.3 Å². The standard InChI is InChI=1S/C55H62N4O10S/c1-37(2)48(50(63)58-33-40-23-19-18-22-39(40)32-46(58)49(62)57-45(51(64)65)30-31-47(60)61)59(53(67)68-35-38-20-10-6-11-21-38)34-44(56-52(66)69-54(3,4)5)36-70-55(41-24-12-7-13-25-41,42-26-14-8-15-27-42)43-28-16-9-17-29-43/h6-29,37,44-46,48H,30-36H2,1-5H3,(H,56,66)(H,57,62)(H,60,61)(H,64,65)/t44?,45?,46?,48-/m0/s1. The number of nitrogens with one attached hydrogen (secondary N) is 2. The van der Waals surface area contributed by atoms with Crippen LogP contribution in [-0.4, -0.2) is 98.0 Å². The van der Waals surface area contributed by atoms with Gasteiger partial charge in [-0.25, -0.2) is 14.4 Å². The zero-order valence-corrected chi connectivity index (χ0v) is 41.0. The third kappa shape index (κ3) is 13.6. The molecule has 70 heavy (non-hydrogen) atoms. The van der Waals surface area contributed by atoms with E-state index in [0.29, 0.717) is 5.56 Å². The van der Waals surface area contributed by atoms with Crippen LogP contribution in [0, 0.1) is 5.92 Å². The Balaban J connectivity index is 1.44. The van der Waals surface area contributed by atoms with E-state index < -0.39 is 82.8 Å². The molecule has 0 fully saturated rings. The molecule has 4 N–H and O–H groups in total. The number of thioether (sulfide) groups is 1. The maximum absolute atomic E-state index is 15.6. The van der Waals surface area contributed by atoms with Gasteiger partial charge >= 0.3 is 24.1 Å². The minimum Gasteiger partial charge on any atom is -0.481 e. The minimum atomic E-state index is -1.55. The molecular formula is C55H62N4O10S. The zero-order valence-electron chi connectivity index (χ0n) is 40.2. The molecule has 4 atom stereocenters. The van der Waals surface area contributed by atoms with Gasteiger partial charge in [-0.3, -0.25) is 19.3 Å². The van der Waals surface area contributed by atoms with Crippen molar-refractivity contribution in [3.8, 4) is 0 Å². The van der Waals surface area contributed by atoms with Gasteiger partial charge in [-0.1, -0.05) is 159 Å². The van der Waals surface area contributed by atoms with Crippen LogP contribution >= 0.6 is 11.8 Å². The third-order valence-corrected chi connectivity index (χ3v) is 13.6. The maximum Gasteiger partial charge on any atom is 0.410 e. The van der Waals surface area contributed by atoms with E-state index in [4.69, 9.17) is 9.47 Å². The number of rotatable bonds is 20. The number of benzene rings is 5. The van der Waals surface area contributed by atoms with Gasteiger partial charge in [0.15, 0.2) is 0 Å². The van der Waals surface area contributed by atoms with Crippen molar-refractivity contribution >= 4 is 47.7 Å². The molecule has 1 heterocycles. The van der Waals surface area contributed by atoms with Gasteiger partial charge in [-0.15, -0.1) is 11.8 Å². The minimum absolute atomic E-state index is 0.0162. The smallest absolute Gasteiger partial charge is 0.410 e. The first kappa shape index (κ1) is 52.2. The van der Waals surface area contributed by atoms with Crippen LogP contribution in [0.1, 0.15) is 80.8 Å². The molecule has 6 rings (SSSR count). The first-order valence-electron chi connectivity index (χ1n) is 23.4. The van der Waals surface area contributed by atoms with Gasteiger partial charge in [0.2, 0.25) is 11.8 Å².